The molecule has 4 rings (SSSR count). The average molecular weight is 460 g/mol. The van der Waals surface area contributed by atoms with Crippen LogP contribution in [0.25, 0.3) is 16.8 Å². The summed E-state index contributed by atoms with van der Waals surface area (Å²) in [6.07, 6.45) is 2.40. The number of anilines is 1. The highest BCUT2D eigenvalue weighted by molar-refractivity contribution is 5.90. The number of aromatic nitrogens is 2. The van der Waals surface area contributed by atoms with E-state index in [0.29, 0.717) is 28.2 Å². The molecule has 1 atom stereocenters. The summed E-state index contributed by atoms with van der Waals surface area (Å²) in [6, 6.07) is 8.04. The highest BCUT2D eigenvalue weighted by Gasteiger charge is 2.32. The van der Waals surface area contributed by atoms with Crippen LogP contribution < -0.4 is 10.2 Å². The van der Waals surface area contributed by atoms with Gasteiger partial charge in [-0.2, -0.15) is 0 Å². The van der Waals surface area contributed by atoms with E-state index in [-0.39, 0.29) is 39.6 Å². The summed E-state index contributed by atoms with van der Waals surface area (Å²) in [5, 5.41) is 2.60. The number of imidazole rings is 1. The predicted molar refractivity (Wildman–Crippen MR) is 119 cm³/mol. The number of benzene rings is 1. The van der Waals surface area contributed by atoms with Gasteiger partial charge in [-0.15, -0.1) is 0 Å². The largest absolute Gasteiger partial charge is 0.442 e. The van der Waals surface area contributed by atoms with Crippen LogP contribution in [0.4, 0.5) is 19.3 Å². The number of amides is 2. The molecule has 1 aromatic carbocycles. The summed E-state index contributed by atoms with van der Waals surface area (Å²) in [6.45, 7) is 1.44. The van der Waals surface area contributed by atoms with E-state index in [1.54, 1.807) is 41.1 Å². The summed E-state index contributed by atoms with van der Waals surface area (Å²) in [5.74, 6) is -0.712. The van der Waals surface area contributed by atoms with Crippen molar-refractivity contribution >= 4 is 23.3 Å². The number of carbonyl (C=O) groups is 2. The van der Waals surface area contributed by atoms with Crippen molar-refractivity contribution in [3.8, 4) is 11.1 Å². The van der Waals surface area contributed by atoms with Gasteiger partial charge in [0.15, 0.2) is 0 Å². The SMILES string of the molecule is C.CC(=O)NC[C@H]1CN(c2ccc(-c3ccc4nc(COCCF)cn4c3)c(F)c2)C(=O)O1. The Balaban J connectivity index is 0.00000306. The second-order valence-electron chi connectivity index (χ2n) is 7.37. The number of cyclic esters (lactones) is 1. The Morgan fingerprint density at radius 2 is 2.12 bits per heavy atom. The van der Waals surface area contributed by atoms with Crippen LogP contribution in [0.15, 0.2) is 42.7 Å². The maximum Gasteiger partial charge on any atom is 0.414 e. The van der Waals surface area contributed by atoms with Crippen LogP contribution in [0.1, 0.15) is 20.0 Å². The number of nitrogens with one attached hydrogen (secondary N) is 1. The van der Waals surface area contributed by atoms with Crippen LogP contribution in [-0.2, 0) is 20.9 Å². The second-order valence-corrected chi connectivity index (χ2v) is 7.37. The molecule has 1 aliphatic heterocycles. The Morgan fingerprint density at radius 1 is 1.30 bits per heavy atom. The first-order chi connectivity index (χ1) is 15.4. The van der Waals surface area contributed by atoms with Gasteiger partial charge in [0.05, 0.1) is 37.7 Å². The third-order valence-corrected chi connectivity index (χ3v) is 5.00. The lowest BCUT2D eigenvalue weighted by Crippen LogP contribution is -2.33. The minimum absolute atomic E-state index is 0. The molecule has 2 aromatic heterocycles. The monoisotopic (exact) mass is 460 g/mol. The fourth-order valence-corrected chi connectivity index (χ4v) is 3.51. The van der Waals surface area contributed by atoms with Crippen LogP contribution >= 0.6 is 0 Å². The van der Waals surface area contributed by atoms with Crippen molar-refractivity contribution in [2.24, 2.45) is 0 Å². The van der Waals surface area contributed by atoms with Gasteiger partial charge in [0.1, 0.15) is 24.2 Å². The van der Waals surface area contributed by atoms with Crippen LogP contribution in [0, 0.1) is 5.82 Å². The predicted octanol–water partition coefficient (Wildman–Crippen LogP) is 3.72. The molecule has 0 saturated carbocycles. The standard InChI is InChI=1S/C22H22F2N4O4.CH4/c1-14(29)25-9-18-12-28(22(30)32-18)17-3-4-19(20(24)8-17)15-2-5-21-26-16(11-27(21)10-15)13-31-7-6-23;/h2-5,8,10-11,18H,6-7,9,12-13H2,1H3,(H,25,29);1H4/t18-;/m0./s1. The Labute approximate surface area is 190 Å². The summed E-state index contributed by atoms with van der Waals surface area (Å²) in [4.78, 5) is 28.9. The number of nitrogens with zero attached hydrogens (tertiary/aromatic N) is 3. The van der Waals surface area contributed by atoms with Crippen molar-refractivity contribution in [2.75, 3.05) is 31.3 Å². The fraction of sp³-hybridized carbons (Fsp3) is 0.348. The first-order valence-electron chi connectivity index (χ1n) is 10.1. The molecule has 0 unspecified atom stereocenters. The molecule has 1 fully saturated rings. The molecular formula is C23H26F2N4O4. The van der Waals surface area contributed by atoms with Crippen molar-refractivity contribution < 1.29 is 27.8 Å². The van der Waals surface area contributed by atoms with Gasteiger partial charge in [0.25, 0.3) is 0 Å². The van der Waals surface area contributed by atoms with Gasteiger partial charge in [0.2, 0.25) is 5.91 Å². The lowest BCUT2D eigenvalue weighted by Gasteiger charge is -2.14. The molecule has 176 valence electrons. The van der Waals surface area contributed by atoms with Crippen molar-refractivity contribution in [3.63, 3.8) is 0 Å². The van der Waals surface area contributed by atoms with Crippen molar-refractivity contribution in [3.05, 3.63) is 54.2 Å². The van der Waals surface area contributed by atoms with Gasteiger partial charge in [0, 0.05) is 30.4 Å². The lowest BCUT2D eigenvalue weighted by molar-refractivity contribution is -0.119. The molecule has 3 aromatic rings. The van der Waals surface area contributed by atoms with E-state index in [0.717, 1.165) is 0 Å². The molecule has 1 N–H and O–H groups in total. The van der Waals surface area contributed by atoms with Gasteiger partial charge >= 0.3 is 6.09 Å². The number of hydrogen-bond donors (Lipinski definition) is 1. The summed E-state index contributed by atoms with van der Waals surface area (Å²) in [5.41, 5.74) is 2.67. The average Bonchev–Trinajstić information content (AvgIpc) is 3.34. The highest BCUT2D eigenvalue weighted by Crippen LogP contribution is 2.29. The number of pyridine rings is 1. The van der Waals surface area contributed by atoms with Crippen LogP contribution in [0.2, 0.25) is 0 Å². The van der Waals surface area contributed by atoms with E-state index < -0.39 is 24.7 Å². The molecule has 0 spiro atoms. The summed E-state index contributed by atoms with van der Waals surface area (Å²) in [7, 11) is 0. The van der Waals surface area contributed by atoms with E-state index in [1.165, 1.54) is 17.9 Å². The Bertz CT molecular complexity index is 1150. The Kier molecular flexibility index (Phi) is 7.59. The summed E-state index contributed by atoms with van der Waals surface area (Å²) >= 11 is 0. The molecule has 8 nitrogen and oxygen atoms in total. The quantitative estimate of drug-likeness (QED) is 0.518. The Morgan fingerprint density at radius 3 is 2.85 bits per heavy atom. The molecule has 1 saturated heterocycles. The fourth-order valence-electron chi connectivity index (χ4n) is 3.51. The summed E-state index contributed by atoms with van der Waals surface area (Å²) < 4.78 is 39.3. The van der Waals surface area contributed by atoms with E-state index in [9.17, 15) is 18.4 Å². The number of carbonyl (C=O) groups excluding carboxylic acids is 2. The zero-order chi connectivity index (χ0) is 22.7. The van der Waals surface area contributed by atoms with E-state index >= 15 is 0 Å². The van der Waals surface area contributed by atoms with E-state index in [1.807, 2.05) is 0 Å². The normalized spacial score (nSPS) is 15.4. The number of fused-ring (bicyclic) bond motifs is 1. The number of hydrogen-bond acceptors (Lipinski definition) is 5. The van der Waals surface area contributed by atoms with Gasteiger partial charge in [-0.3, -0.25) is 9.69 Å². The minimum Gasteiger partial charge on any atom is -0.442 e. The third kappa shape index (κ3) is 5.46. The third-order valence-electron chi connectivity index (χ3n) is 5.00. The van der Waals surface area contributed by atoms with E-state index in [4.69, 9.17) is 9.47 Å². The number of rotatable bonds is 8. The Hall–Kier alpha value is -3.53. The van der Waals surface area contributed by atoms with Gasteiger partial charge < -0.3 is 19.2 Å². The molecular weight excluding hydrogens is 434 g/mol. The topological polar surface area (TPSA) is 85.2 Å². The molecule has 10 heteroatoms. The van der Waals surface area contributed by atoms with Crippen molar-refractivity contribution in [1.29, 1.82) is 0 Å². The minimum atomic E-state index is -0.588. The molecule has 0 bridgehead atoms. The lowest BCUT2D eigenvalue weighted by atomic mass is 10.1. The van der Waals surface area contributed by atoms with Gasteiger partial charge in [-0.1, -0.05) is 7.43 Å². The number of ether oxygens (including phenoxy) is 2. The van der Waals surface area contributed by atoms with Gasteiger partial charge in [-0.05, 0) is 30.3 Å². The molecule has 33 heavy (non-hydrogen) atoms. The molecule has 3 heterocycles. The van der Waals surface area contributed by atoms with Gasteiger partial charge in [-0.25, -0.2) is 18.6 Å². The van der Waals surface area contributed by atoms with Crippen molar-refractivity contribution in [2.45, 2.75) is 27.1 Å². The highest BCUT2D eigenvalue weighted by atomic mass is 19.1. The van der Waals surface area contributed by atoms with Crippen LogP contribution in [0.5, 0.6) is 0 Å². The van der Waals surface area contributed by atoms with Crippen LogP contribution in [-0.4, -0.2) is 53.9 Å². The zero-order valence-electron chi connectivity index (χ0n) is 17.4. The first-order valence-corrected chi connectivity index (χ1v) is 10.1. The maximum atomic E-state index is 15.0. The van der Waals surface area contributed by atoms with Crippen LogP contribution in [0.3, 0.4) is 0 Å². The number of halogens is 2. The van der Waals surface area contributed by atoms with E-state index in [2.05, 4.69) is 10.3 Å². The molecule has 2 amide bonds. The zero-order valence-corrected chi connectivity index (χ0v) is 17.4. The smallest absolute Gasteiger partial charge is 0.414 e. The number of alkyl halides is 1. The van der Waals surface area contributed by atoms with Crippen molar-refractivity contribution in [1.82, 2.24) is 14.7 Å². The molecule has 0 aliphatic carbocycles. The second kappa shape index (κ2) is 10.4. The maximum absolute atomic E-state index is 15.0. The molecule has 1 aliphatic rings. The first kappa shape index (κ1) is 24.1. The molecule has 0 radical (unpaired) electrons.